The van der Waals surface area contributed by atoms with Crippen molar-refractivity contribution in [3.05, 3.63) is 70.1 Å². The number of rotatable bonds is 3. The summed E-state index contributed by atoms with van der Waals surface area (Å²) in [4.78, 5) is 0. The number of para-hydroxylation sites is 1. The summed E-state index contributed by atoms with van der Waals surface area (Å²) in [7, 11) is 0. The molecule has 0 saturated heterocycles. The minimum atomic E-state index is -0.797. The van der Waals surface area contributed by atoms with Crippen LogP contribution in [0.15, 0.2) is 57.6 Å². The maximum absolute atomic E-state index is 13.8. The highest BCUT2D eigenvalue weighted by molar-refractivity contribution is 9.10. The van der Waals surface area contributed by atoms with Gasteiger partial charge in [0.05, 0.1) is 12.4 Å². The van der Waals surface area contributed by atoms with E-state index < -0.39 is 6.10 Å². The zero-order valence-electron chi connectivity index (χ0n) is 10.5. The lowest BCUT2D eigenvalue weighted by Gasteiger charge is -2.10. The average molecular weight is 335 g/mol. The largest absolute Gasteiger partial charge is 0.464 e. The second-order valence-electron chi connectivity index (χ2n) is 4.64. The Bertz CT molecular complexity index is 751. The molecule has 3 aromatic rings. The van der Waals surface area contributed by atoms with Gasteiger partial charge in [-0.15, -0.1) is 0 Å². The first-order valence-corrected chi connectivity index (χ1v) is 7.02. The van der Waals surface area contributed by atoms with Crippen LogP contribution in [0.2, 0.25) is 0 Å². The van der Waals surface area contributed by atoms with Crippen LogP contribution < -0.4 is 0 Å². The number of benzene rings is 2. The molecule has 0 bridgehead atoms. The summed E-state index contributed by atoms with van der Waals surface area (Å²) in [5, 5.41) is 11.2. The molecule has 2 nitrogen and oxygen atoms in total. The molecule has 1 aromatic heterocycles. The molecule has 0 saturated carbocycles. The van der Waals surface area contributed by atoms with Crippen molar-refractivity contribution in [2.24, 2.45) is 0 Å². The molecule has 20 heavy (non-hydrogen) atoms. The lowest BCUT2D eigenvalue weighted by Crippen LogP contribution is -2.03. The van der Waals surface area contributed by atoms with Crippen LogP contribution in [-0.4, -0.2) is 5.11 Å². The highest BCUT2D eigenvalue weighted by atomic mass is 79.9. The van der Waals surface area contributed by atoms with Gasteiger partial charge in [0.2, 0.25) is 0 Å². The SMILES string of the molecule is OC(Cc1ccc(Br)cc1F)c1coc2ccccc12. The molecule has 0 radical (unpaired) electrons. The first-order valence-electron chi connectivity index (χ1n) is 6.23. The van der Waals surface area contributed by atoms with E-state index in [0.717, 1.165) is 11.0 Å². The van der Waals surface area contributed by atoms with Gasteiger partial charge in [-0.25, -0.2) is 4.39 Å². The molecule has 2 aromatic carbocycles. The fraction of sp³-hybridized carbons (Fsp3) is 0.125. The minimum Gasteiger partial charge on any atom is -0.464 e. The summed E-state index contributed by atoms with van der Waals surface area (Å²) >= 11 is 3.22. The van der Waals surface area contributed by atoms with Gasteiger partial charge in [0, 0.05) is 21.8 Å². The Morgan fingerprint density at radius 2 is 2.00 bits per heavy atom. The fourth-order valence-electron chi connectivity index (χ4n) is 2.26. The van der Waals surface area contributed by atoms with Gasteiger partial charge >= 0.3 is 0 Å². The molecule has 1 atom stereocenters. The van der Waals surface area contributed by atoms with Gasteiger partial charge in [-0.1, -0.05) is 40.2 Å². The van der Waals surface area contributed by atoms with E-state index in [1.54, 1.807) is 12.1 Å². The van der Waals surface area contributed by atoms with Gasteiger partial charge in [0.25, 0.3) is 0 Å². The fourth-order valence-corrected chi connectivity index (χ4v) is 2.60. The molecule has 0 aliphatic heterocycles. The third-order valence-corrected chi connectivity index (χ3v) is 3.79. The number of aliphatic hydroxyl groups excluding tert-OH is 1. The summed E-state index contributed by atoms with van der Waals surface area (Å²) in [5.74, 6) is -0.328. The van der Waals surface area contributed by atoms with Crippen LogP contribution >= 0.6 is 15.9 Å². The first-order chi connectivity index (χ1) is 9.65. The van der Waals surface area contributed by atoms with Crippen LogP contribution in [0.1, 0.15) is 17.2 Å². The number of aliphatic hydroxyl groups is 1. The van der Waals surface area contributed by atoms with E-state index in [1.807, 2.05) is 24.3 Å². The van der Waals surface area contributed by atoms with Crippen molar-refractivity contribution in [2.45, 2.75) is 12.5 Å². The molecule has 3 rings (SSSR count). The lowest BCUT2D eigenvalue weighted by molar-refractivity contribution is 0.177. The third kappa shape index (κ3) is 2.49. The van der Waals surface area contributed by atoms with Gasteiger partial charge in [-0.05, 0) is 23.8 Å². The van der Waals surface area contributed by atoms with Crippen molar-refractivity contribution >= 4 is 26.9 Å². The maximum Gasteiger partial charge on any atom is 0.134 e. The van der Waals surface area contributed by atoms with E-state index in [4.69, 9.17) is 4.42 Å². The minimum absolute atomic E-state index is 0.211. The number of hydrogen-bond donors (Lipinski definition) is 1. The molecule has 1 unspecified atom stereocenters. The van der Waals surface area contributed by atoms with Crippen LogP contribution in [0.4, 0.5) is 4.39 Å². The monoisotopic (exact) mass is 334 g/mol. The number of furan rings is 1. The molecule has 0 aliphatic rings. The van der Waals surface area contributed by atoms with Crippen molar-refractivity contribution in [3.8, 4) is 0 Å². The van der Waals surface area contributed by atoms with Crippen LogP contribution in [0.3, 0.4) is 0 Å². The average Bonchev–Trinajstić information content (AvgIpc) is 2.86. The van der Waals surface area contributed by atoms with Crippen molar-refractivity contribution in [2.75, 3.05) is 0 Å². The van der Waals surface area contributed by atoms with Crippen molar-refractivity contribution in [3.63, 3.8) is 0 Å². The smallest absolute Gasteiger partial charge is 0.134 e. The zero-order chi connectivity index (χ0) is 14.1. The topological polar surface area (TPSA) is 33.4 Å². The molecule has 0 aliphatic carbocycles. The van der Waals surface area contributed by atoms with Crippen LogP contribution in [-0.2, 0) is 6.42 Å². The third-order valence-electron chi connectivity index (χ3n) is 3.30. The Balaban J connectivity index is 1.91. The number of halogens is 2. The van der Waals surface area contributed by atoms with Gasteiger partial charge in [0.1, 0.15) is 11.4 Å². The molecule has 1 heterocycles. The summed E-state index contributed by atoms with van der Waals surface area (Å²) in [6.45, 7) is 0. The van der Waals surface area contributed by atoms with Gasteiger partial charge in [-0.3, -0.25) is 0 Å². The maximum atomic E-state index is 13.8. The number of fused-ring (bicyclic) bond motifs is 1. The van der Waals surface area contributed by atoms with E-state index in [-0.39, 0.29) is 12.2 Å². The summed E-state index contributed by atoms with van der Waals surface area (Å²) in [6, 6.07) is 12.3. The predicted octanol–water partition coefficient (Wildman–Crippen LogP) is 4.61. The normalized spacial score (nSPS) is 12.8. The van der Waals surface area contributed by atoms with Gasteiger partial charge < -0.3 is 9.52 Å². The Morgan fingerprint density at radius 1 is 1.20 bits per heavy atom. The quantitative estimate of drug-likeness (QED) is 0.758. The van der Waals surface area contributed by atoms with Crippen LogP contribution in [0.5, 0.6) is 0 Å². The van der Waals surface area contributed by atoms with Crippen molar-refractivity contribution < 1.29 is 13.9 Å². The van der Waals surface area contributed by atoms with E-state index >= 15 is 0 Å². The highest BCUT2D eigenvalue weighted by Crippen LogP contribution is 2.29. The molecule has 102 valence electrons. The lowest BCUT2D eigenvalue weighted by atomic mass is 10.0. The Hall–Kier alpha value is -1.65. The summed E-state index contributed by atoms with van der Waals surface area (Å²) in [6.07, 6.45) is 0.948. The zero-order valence-corrected chi connectivity index (χ0v) is 12.1. The second kappa shape index (κ2) is 5.38. The Kier molecular flexibility index (Phi) is 3.59. The Morgan fingerprint density at radius 3 is 2.80 bits per heavy atom. The molecule has 0 amide bonds. The van der Waals surface area contributed by atoms with Crippen LogP contribution in [0, 0.1) is 5.82 Å². The molecule has 4 heteroatoms. The molecule has 0 fully saturated rings. The van der Waals surface area contributed by atoms with Gasteiger partial charge in [-0.2, -0.15) is 0 Å². The second-order valence-corrected chi connectivity index (χ2v) is 5.56. The van der Waals surface area contributed by atoms with Crippen LogP contribution in [0.25, 0.3) is 11.0 Å². The Labute approximate surface area is 124 Å². The van der Waals surface area contributed by atoms with E-state index in [0.29, 0.717) is 15.6 Å². The van der Waals surface area contributed by atoms with E-state index in [2.05, 4.69) is 15.9 Å². The van der Waals surface area contributed by atoms with E-state index in [9.17, 15) is 9.50 Å². The standard InChI is InChI=1S/C16H12BrFO2/c17-11-6-5-10(14(18)8-11)7-15(19)13-9-20-16-4-2-1-3-12(13)16/h1-6,8-9,15,19H,7H2. The molecule has 1 N–H and O–H groups in total. The summed E-state index contributed by atoms with van der Waals surface area (Å²) in [5.41, 5.74) is 1.88. The predicted molar refractivity (Wildman–Crippen MR) is 79.0 cm³/mol. The molecule has 0 spiro atoms. The summed E-state index contributed by atoms with van der Waals surface area (Å²) < 4.78 is 19.9. The highest BCUT2D eigenvalue weighted by Gasteiger charge is 2.16. The van der Waals surface area contributed by atoms with Crippen molar-refractivity contribution in [1.82, 2.24) is 0 Å². The van der Waals surface area contributed by atoms with E-state index in [1.165, 1.54) is 12.3 Å². The van der Waals surface area contributed by atoms with Crippen molar-refractivity contribution in [1.29, 1.82) is 0 Å². The molecular formula is C16H12BrFO2. The van der Waals surface area contributed by atoms with Gasteiger partial charge in [0.15, 0.2) is 0 Å². The first kappa shape index (κ1) is 13.3. The number of hydrogen-bond acceptors (Lipinski definition) is 2. The molecular weight excluding hydrogens is 323 g/mol.